The van der Waals surface area contributed by atoms with Gasteiger partial charge in [-0.05, 0) is 61.1 Å². The Morgan fingerprint density at radius 2 is 1.90 bits per heavy atom. The van der Waals surface area contributed by atoms with Crippen LogP contribution in [0.15, 0.2) is 61.3 Å². The minimum Gasteiger partial charge on any atom is -0.494 e. The third kappa shape index (κ3) is 7.48. The minimum atomic E-state index is -3.90. The van der Waals surface area contributed by atoms with Crippen LogP contribution in [-0.2, 0) is 24.4 Å². The maximum atomic E-state index is 14.5. The van der Waals surface area contributed by atoms with E-state index in [0.717, 1.165) is 0 Å². The molecule has 2 heterocycles. The SMILES string of the molecule is C=C[C@@H]1C[C@]1(NC(=O)[C@@H]1C[C@@H](Oc2ncc(OC)c3ccc(Cl)cc23)CN1C(=O)C(Nc1cccc(F)c1)C(C)(C)C)C(=O)NS(=O)(=O)C1CC1. The van der Waals surface area contributed by atoms with Crippen LogP contribution in [0, 0.1) is 17.2 Å². The Bertz CT molecular complexity index is 2000. The van der Waals surface area contributed by atoms with Crippen molar-refractivity contribution in [1.29, 1.82) is 0 Å². The molecule has 1 saturated heterocycles. The Hall–Kier alpha value is -4.43. The Morgan fingerprint density at radius 1 is 1.16 bits per heavy atom. The number of pyridine rings is 1. The lowest BCUT2D eigenvalue weighted by Crippen LogP contribution is -2.58. The average Bonchev–Trinajstić information content (AvgIpc) is 4.00. The van der Waals surface area contributed by atoms with Gasteiger partial charge in [0.1, 0.15) is 35.3 Å². The summed E-state index contributed by atoms with van der Waals surface area (Å²) in [5.41, 5.74) is -1.89. The van der Waals surface area contributed by atoms with E-state index in [1.807, 2.05) is 20.8 Å². The summed E-state index contributed by atoms with van der Waals surface area (Å²) >= 11 is 6.33. The molecule has 1 unspecified atom stereocenters. The third-order valence-corrected chi connectivity index (χ3v) is 11.7. The first-order valence-electron chi connectivity index (χ1n) is 16.7. The van der Waals surface area contributed by atoms with Gasteiger partial charge in [0.15, 0.2) is 0 Å². The van der Waals surface area contributed by atoms with Gasteiger partial charge in [-0.2, -0.15) is 0 Å². The number of fused-ring (bicyclic) bond motifs is 1. The average molecular weight is 742 g/mol. The molecule has 3 aromatic rings. The van der Waals surface area contributed by atoms with Crippen LogP contribution in [-0.4, -0.2) is 78.7 Å². The Morgan fingerprint density at radius 3 is 2.53 bits per heavy atom. The number of hydrogen-bond donors (Lipinski definition) is 3. The van der Waals surface area contributed by atoms with Gasteiger partial charge < -0.3 is 25.0 Å². The van der Waals surface area contributed by atoms with Crippen molar-refractivity contribution in [2.45, 2.75) is 75.4 Å². The van der Waals surface area contributed by atoms with Crippen LogP contribution in [0.5, 0.6) is 11.6 Å². The van der Waals surface area contributed by atoms with Crippen molar-refractivity contribution in [2.24, 2.45) is 11.3 Å². The summed E-state index contributed by atoms with van der Waals surface area (Å²) in [5.74, 6) is -2.26. The second kappa shape index (κ2) is 13.6. The smallest absolute Gasteiger partial charge is 0.259 e. The first kappa shape index (κ1) is 36.4. The van der Waals surface area contributed by atoms with Gasteiger partial charge in [0.05, 0.1) is 25.1 Å². The van der Waals surface area contributed by atoms with E-state index in [-0.39, 0.29) is 25.3 Å². The summed E-state index contributed by atoms with van der Waals surface area (Å²) in [6.07, 6.45) is 3.33. The van der Waals surface area contributed by atoms with Gasteiger partial charge in [-0.15, -0.1) is 6.58 Å². The number of methoxy groups -OCH3 is 1. The van der Waals surface area contributed by atoms with Crippen LogP contribution in [0.2, 0.25) is 5.02 Å². The summed E-state index contributed by atoms with van der Waals surface area (Å²) in [5, 5.41) is 6.99. The molecule has 0 spiro atoms. The first-order chi connectivity index (χ1) is 24.1. The van der Waals surface area contributed by atoms with Crippen LogP contribution in [0.25, 0.3) is 10.8 Å². The van der Waals surface area contributed by atoms with E-state index >= 15 is 0 Å². The topological polar surface area (TPSA) is 156 Å². The molecule has 51 heavy (non-hydrogen) atoms. The predicted molar refractivity (Wildman–Crippen MR) is 190 cm³/mol. The molecule has 6 rings (SSSR count). The highest BCUT2D eigenvalue weighted by atomic mass is 35.5. The van der Waals surface area contributed by atoms with Crippen molar-refractivity contribution in [1.82, 2.24) is 19.9 Å². The molecule has 1 aromatic heterocycles. The van der Waals surface area contributed by atoms with Crippen LogP contribution in [0.3, 0.4) is 0 Å². The number of benzene rings is 2. The normalized spacial score (nSPS) is 23.6. The molecule has 3 N–H and O–H groups in total. The van der Waals surface area contributed by atoms with Gasteiger partial charge >= 0.3 is 0 Å². The minimum absolute atomic E-state index is 0.0149. The fourth-order valence-electron chi connectivity index (χ4n) is 6.53. The zero-order valence-electron chi connectivity index (χ0n) is 28.7. The molecule has 0 bridgehead atoms. The standard InChI is InChI=1S/C36H41ClFN5O7S/c1-6-20-17-36(20,34(46)42-51(47,48)25-11-12-25)41-31(44)28-16-24(50-32-27-14-21(37)10-13-26(27)29(49-5)18-39-32)19-43(28)33(45)30(35(2,3)4)40-23-9-7-8-22(38)15-23/h6-10,13-15,18,20,24-25,28,30,40H,1,11-12,16-17,19H2,2-5H3,(H,41,44)(H,42,46)/t20-,24-,28+,30?,36-/m1/s1. The number of hydrogen-bond acceptors (Lipinski definition) is 9. The zero-order valence-corrected chi connectivity index (χ0v) is 30.3. The van der Waals surface area contributed by atoms with Crippen LogP contribution in [0.4, 0.5) is 10.1 Å². The van der Waals surface area contributed by atoms with Gasteiger partial charge in [-0.1, -0.05) is 44.5 Å². The highest BCUT2D eigenvalue weighted by molar-refractivity contribution is 7.91. The number of nitrogens with one attached hydrogen (secondary N) is 3. The number of nitrogens with zero attached hydrogens (tertiary/aromatic N) is 2. The molecular weight excluding hydrogens is 701 g/mol. The molecule has 3 amide bonds. The van der Waals surface area contributed by atoms with Gasteiger partial charge in [0.2, 0.25) is 27.7 Å². The van der Waals surface area contributed by atoms with Crippen molar-refractivity contribution < 1.29 is 36.7 Å². The van der Waals surface area contributed by atoms with Crippen molar-refractivity contribution >= 4 is 55.8 Å². The summed E-state index contributed by atoms with van der Waals surface area (Å²) < 4.78 is 53.5. The number of rotatable bonds is 12. The number of likely N-dealkylation sites (tertiary alicyclic amines) is 1. The van der Waals surface area contributed by atoms with Gasteiger partial charge in [0, 0.05) is 33.8 Å². The van der Waals surface area contributed by atoms with Crippen molar-refractivity contribution in [2.75, 3.05) is 19.0 Å². The number of sulfonamides is 1. The van der Waals surface area contributed by atoms with Crippen molar-refractivity contribution in [3.8, 4) is 11.6 Å². The molecule has 15 heteroatoms. The predicted octanol–water partition coefficient (Wildman–Crippen LogP) is 4.58. The zero-order chi connectivity index (χ0) is 36.9. The Kier molecular flexibility index (Phi) is 9.70. The van der Waals surface area contributed by atoms with Gasteiger partial charge in [-0.3, -0.25) is 19.1 Å². The molecule has 2 aromatic carbocycles. The molecule has 2 saturated carbocycles. The van der Waals surface area contributed by atoms with Crippen LogP contribution in [0.1, 0.15) is 46.5 Å². The van der Waals surface area contributed by atoms with E-state index in [4.69, 9.17) is 21.1 Å². The second-order valence-corrected chi connectivity index (χ2v) is 16.8. The monoisotopic (exact) mass is 741 g/mol. The molecule has 0 radical (unpaired) electrons. The van der Waals surface area contributed by atoms with Crippen LogP contribution >= 0.6 is 11.6 Å². The first-order valence-corrected chi connectivity index (χ1v) is 18.6. The molecule has 3 aliphatic rings. The number of carbonyl (C=O) groups is 3. The lowest BCUT2D eigenvalue weighted by molar-refractivity contribution is -0.141. The largest absolute Gasteiger partial charge is 0.494 e. The van der Waals surface area contributed by atoms with E-state index in [1.165, 1.54) is 42.5 Å². The number of anilines is 1. The molecule has 3 fully saturated rings. The summed E-state index contributed by atoms with van der Waals surface area (Å²) in [6.45, 7) is 9.26. The molecule has 1 aliphatic heterocycles. The molecular formula is C36H41ClFN5O7S. The molecule has 272 valence electrons. The van der Waals surface area contributed by atoms with Crippen LogP contribution < -0.4 is 24.8 Å². The highest BCUT2D eigenvalue weighted by Crippen LogP contribution is 2.46. The number of halogens is 2. The van der Waals surface area contributed by atoms with Crippen molar-refractivity contribution in [3.63, 3.8) is 0 Å². The lowest BCUT2D eigenvalue weighted by Gasteiger charge is -2.36. The maximum absolute atomic E-state index is 14.5. The molecule has 2 aliphatic carbocycles. The van der Waals surface area contributed by atoms with Gasteiger partial charge in [0.25, 0.3) is 5.91 Å². The van der Waals surface area contributed by atoms with E-state index in [9.17, 15) is 27.2 Å². The maximum Gasteiger partial charge on any atom is 0.259 e. The lowest BCUT2D eigenvalue weighted by atomic mass is 9.85. The van der Waals surface area contributed by atoms with Gasteiger partial charge in [-0.25, -0.2) is 17.8 Å². The van der Waals surface area contributed by atoms with Crippen molar-refractivity contribution in [3.05, 3.63) is 72.2 Å². The number of ether oxygens (including phenoxy) is 2. The van der Waals surface area contributed by atoms with E-state index in [1.54, 1.807) is 24.3 Å². The number of amides is 3. The summed E-state index contributed by atoms with van der Waals surface area (Å²) in [4.78, 5) is 48.1. The van der Waals surface area contributed by atoms with E-state index < -0.39 is 73.9 Å². The quantitative estimate of drug-likeness (QED) is 0.226. The molecule has 12 nitrogen and oxygen atoms in total. The fourth-order valence-corrected chi connectivity index (χ4v) is 8.07. The highest BCUT2D eigenvalue weighted by Gasteiger charge is 2.62. The number of carbonyl (C=O) groups excluding carboxylic acids is 3. The molecule has 5 atom stereocenters. The fraction of sp³-hybridized carbons (Fsp3) is 0.444. The Labute approximate surface area is 301 Å². The number of aromatic nitrogens is 1. The van der Waals surface area contributed by atoms with E-state index in [2.05, 4.69) is 26.9 Å². The summed E-state index contributed by atoms with van der Waals surface area (Å²) in [7, 11) is -2.38. The third-order valence-electron chi connectivity index (χ3n) is 9.62. The Balaban J connectivity index is 1.32. The summed E-state index contributed by atoms with van der Waals surface area (Å²) in [6, 6.07) is 8.85. The van der Waals surface area contributed by atoms with E-state index in [0.29, 0.717) is 40.1 Å². The second-order valence-electron chi connectivity index (χ2n) is 14.4.